The van der Waals surface area contributed by atoms with E-state index < -0.39 is 19.5 Å². The molecule has 0 fully saturated rings. The molecular weight excluding hydrogens is 388 g/mol. The van der Waals surface area contributed by atoms with Crippen molar-refractivity contribution < 1.29 is 16.9 Å². The first kappa shape index (κ1) is 30.4. The third-order valence-corrected chi connectivity index (χ3v) is 0. The summed E-state index contributed by atoms with van der Waals surface area (Å²) in [5, 5.41) is 29.3. The summed E-state index contributed by atoms with van der Waals surface area (Å²) in [7, 11) is 0. The average molecular weight is 400 g/mol. The molecule has 0 unspecified atom stereocenters. The van der Waals surface area contributed by atoms with Crippen LogP contribution in [0.5, 0.6) is 0 Å². The van der Waals surface area contributed by atoms with Crippen LogP contribution < -0.4 is 0 Å². The predicted octanol–water partition coefficient (Wildman–Crippen LogP) is 4.26. The van der Waals surface area contributed by atoms with Gasteiger partial charge < -0.3 is 0 Å². The molecule has 0 aliphatic heterocycles. The van der Waals surface area contributed by atoms with Crippen molar-refractivity contribution in [3.63, 3.8) is 0 Å². The molecular formula is C8H12F6N4Sb-. The minimum absolute atomic E-state index is 1.43. The van der Waals surface area contributed by atoms with E-state index in [1.54, 1.807) is 24.3 Å². The standard InChI is InChI=1S/4C2H3N.6FH.Sb/c4*1-2-3;;;;;;;/h4*1H3;6*1H;/q;;;;;;;;;;+5/p-6. The van der Waals surface area contributed by atoms with Crippen molar-refractivity contribution in [3.8, 4) is 24.3 Å². The van der Waals surface area contributed by atoms with E-state index in [1.807, 2.05) is 0 Å². The fourth-order valence-electron chi connectivity index (χ4n) is 0. The first-order valence-corrected chi connectivity index (χ1v) is 9.70. The van der Waals surface area contributed by atoms with E-state index in [2.05, 4.69) is 0 Å². The fraction of sp³-hybridized carbons (Fsp3) is 0.500. The van der Waals surface area contributed by atoms with Crippen LogP contribution >= 0.6 is 0 Å². The predicted molar refractivity (Wildman–Crippen MR) is 57.6 cm³/mol. The van der Waals surface area contributed by atoms with Crippen LogP contribution in [0.1, 0.15) is 27.7 Å². The zero-order valence-corrected chi connectivity index (χ0v) is 13.1. The van der Waals surface area contributed by atoms with E-state index >= 15 is 0 Å². The Kier molecular flexibility index (Phi) is 20.5. The van der Waals surface area contributed by atoms with Crippen LogP contribution in [0, 0.1) is 45.3 Å². The van der Waals surface area contributed by atoms with Gasteiger partial charge in [-0.2, -0.15) is 21.0 Å². The van der Waals surface area contributed by atoms with Gasteiger partial charge in [0.2, 0.25) is 0 Å². The second-order valence-electron chi connectivity index (χ2n) is 1.85. The topological polar surface area (TPSA) is 95.2 Å². The van der Waals surface area contributed by atoms with E-state index in [1.165, 1.54) is 27.7 Å². The molecule has 0 saturated heterocycles. The Morgan fingerprint density at radius 3 is 0.526 bits per heavy atom. The van der Waals surface area contributed by atoms with Crippen molar-refractivity contribution in [2.45, 2.75) is 27.7 Å². The van der Waals surface area contributed by atoms with Gasteiger partial charge in [-0.1, -0.05) is 0 Å². The average Bonchev–Trinajstić information content (AvgIpc) is 2.01. The Hall–Kier alpha value is -1.64. The van der Waals surface area contributed by atoms with E-state index in [4.69, 9.17) is 21.0 Å². The van der Waals surface area contributed by atoms with Crippen molar-refractivity contribution >= 4 is 19.5 Å². The van der Waals surface area contributed by atoms with Gasteiger partial charge in [0.05, 0.1) is 24.3 Å². The van der Waals surface area contributed by atoms with Crippen molar-refractivity contribution in [1.29, 1.82) is 21.0 Å². The normalized spacial score (nSPS) is 10.2. The van der Waals surface area contributed by atoms with Crippen molar-refractivity contribution in [3.05, 3.63) is 0 Å². The number of nitriles is 4. The Morgan fingerprint density at radius 1 is 0.526 bits per heavy atom. The zero-order chi connectivity index (χ0) is 17.2. The molecule has 0 aliphatic carbocycles. The summed E-state index contributed by atoms with van der Waals surface area (Å²) in [6.07, 6.45) is 0. The summed E-state index contributed by atoms with van der Waals surface area (Å²) in [5.74, 6) is 0. The third-order valence-electron chi connectivity index (χ3n) is 0. The monoisotopic (exact) mass is 399 g/mol. The molecule has 112 valence electrons. The molecule has 0 aliphatic rings. The first-order chi connectivity index (χ1) is 8.11. The van der Waals surface area contributed by atoms with E-state index in [9.17, 15) is 16.9 Å². The van der Waals surface area contributed by atoms with Crippen LogP contribution in [0.25, 0.3) is 0 Å². The Bertz CT molecular complexity index is 301. The molecule has 0 heterocycles. The summed E-state index contributed by atoms with van der Waals surface area (Å²) < 4.78 is 59.6. The number of hydrogen-bond donors (Lipinski definition) is 0. The van der Waals surface area contributed by atoms with Crippen molar-refractivity contribution in [2.75, 3.05) is 0 Å². The Labute approximate surface area is 110 Å². The number of halogens is 6. The SMILES string of the molecule is CC#N.CC#N.CC#N.CC#N.[F][Sb-]([F])([F])([F])([F])[F]. The molecule has 0 saturated carbocycles. The van der Waals surface area contributed by atoms with Gasteiger partial charge in [-0.05, 0) is 0 Å². The summed E-state index contributed by atoms with van der Waals surface area (Å²) in [4.78, 5) is 0. The number of nitrogens with zero attached hydrogens (tertiary/aromatic N) is 4. The molecule has 0 amide bonds. The zero-order valence-electron chi connectivity index (χ0n) is 10.5. The van der Waals surface area contributed by atoms with Crippen LogP contribution in [-0.4, -0.2) is 19.5 Å². The second kappa shape index (κ2) is 12.8. The quantitative estimate of drug-likeness (QED) is 0.449. The van der Waals surface area contributed by atoms with Gasteiger partial charge in [-0.15, -0.1) is 0 Å². The molecule has 19 heavy (non-hydrogen) atoms. The number of hydrogen-bond acceptors (Lipinski definition) is 4. The van der Waals surface area contributed by atoms with Crippen molar-refractivity contribution in [2.24, 2.45) is 0 Å². The molecule has 0 radical (unpaired) electrons. The van der Waals surface area contributed by atoms with Crippen LogP contribution in [0.15, 0.2) is 0 Å². The molecule has 0 bridgehead atoms. The summed E-state index contributed by atoms with van der Waals surface area (Å²) in [6.45, 7) is 5.72. The van der Waals surface area contributed by atoms with Gasteiger partial charge in [0.1, 0.15) is 0 Å². The molecule has 0 rings (SSSR count). The van der Waals surface area contributed by atoms with E-state index in [0.29, 0.717) is 0 Å². The van der Waals surface area contributed by atoms with Crippen LogP contribution in [0.4, 0.5) is 16.9 Å². The van der Waals surface area contributed by atoms with Crippen LogP contribution in [0.3, 0.4) is 0 Å². The Balaban J connectivity index is -0.0000000467. The van der Waals surface area contributed by atoms with Crippen LogP contribution in [0.2, 0.25) is 0 Å². The summed E-state index contributed by atoms with van der Waals surface area (Å²) >= 11 is -11.2. The third kappa shape index (κ3) is 1250. The van der Waals surface area contributed by atoms with Crippen LogP contribution in [-0.2, 0) is 0 Å². The Morgan fingerprint density at radius 2 is 0.526 bits per heavy atom. The van der Waals surface area contributed by atoms with Gasteiger partial charge in [-0.3, -0.25) is 0 Å². The van der Waals surface area contributed by atoms with E-state index in [0.717, 1.165) is 0 Å². The maximum absolute atomic E-state index is 11.2. The molecule has 0 N–H and O–H groups in total. The van der Waals surface area contributed by atoms with Gasteiger partial charge in [0.25, 0.3) is 0 Å². The van der Waals surface area contributed by atoms with Gasteiger partial charge >= 0.3 is 36.4 Å². The minimum atomic E-state index is -11.2. The van der Waals surface area contributed by atoms with Gasteiger partial charge in [-0.25, -0.2) is 0 Å². The molecule has 0 aromatic carbocycles. The summed E-state index contributed by atoms with van der Waals surface area (Å²) in [5.41, 5.74) is 0. The molecule has 0 spiro atoms. The van der Waals surface area contributed by atoms with E-state index in [-0.39, 0.29) is 0 Å². The first-order valence-electron chi connectivity index (χ1n) is 3.91. The second-order valence-corrected chi connectivity index (χ2v) is 7.32. The molecule has 4 nitrogen and oxygen atoms in total. The van der Waals surface area contributed by atoms with Crippen molar-refractivity contribution in [1.82, 2.24) is 0 Å². The molecule has 0 atom stereocenters. The van der Waals surface area contributed by atoms with Gasteiger partial charge in [0.15, 0.2) is 0 Å². The molecule has 0 aromatic heterocycles. The molecule has 11 heteroatoms. The maximum atomic E-state index is 9.93. The van der Waals surface area contributed by atoms with Gasteiger partial charge in [0, 0.05) is 27.7 Å². The fourth-order valence-corrected chi connectivity index (χ4v) is 0. The molecule has 0 aromatic rings. The number of rotatable bonds is 0. The summed E-state index contributed by atoms with van der Waals surface area (Å²) in [6, 6.07) is 7.00.